The molecule has 3 nitrogen and oxygen atoms in total. The van der Waals surface area contributed by atoms with E-state index in [1.807, 2.05) is 38.1 Å². The molecule has 0 saturated heterocycles. The number of hydrogen-bond acceptors (Lipinski definition) is 2. The molecular formula is C27H29ClN2O. The van der Waals surface area contributed by atoms with Gasteiger partial charge in [-0.1, -0.05) is 61.8 Å². The van der Waals surface area contributed by atoms with E-state index < -0.39 is 0 Å². The number of halogens is 1. The molecule has 0 bridgehead atoms. The lowest BCUT2D eigenvalue weighted by atomic mass is 9.97. The van der Waals surface area contributed by atoms with Gasteiger partial charge >= 0.3 is 0 Å². The Morgan fingerprint density at radius 1 is 1.00 bits per heavy atom. The number of fused-ring (bicyclic) bond motifs is 1. The topological polar surface area (TPSA) is 27.1 Å². The zero-order valence-electron chi connectivity index (χ0n) is 18.6. The van der Waals surface area contributed by atoms with E-state index in [2.05, 4.69) is 60.9 Å². The Hall–Kier alpha value is -2.78. The van der Waals surface area contributed by atoms with Gasteiger partial charge in [0.15, 0.2) is 11.9 Å². The first-order valence-electron chi connectivity index (χ1n) is 10.9. The number of rotatable bonds is 7. The molecule has 0 spiro atoms. The maximum Gasteiger partial charge on any atom is 0.153 e. The highest BCUT2D eigenvalue weighted by molar-refractivity contribution is 6.31. The lowest BCUT2D eigenvalue weighted by molar-refractivity contribution is 0.212. The monoisotopic (exact) mass is 432 g/mol. The van der Waals surface area contributed by atoms with E-state index in [0.717, 1.165) is 46.2 Å². The van der Waals surface area contributed by atoms with Crippen molar-refractivity contribution in [3.63, 3.8) is 0 Å². The summed E-state index contributed by atoms with van der Waals surface area (Å²) in [5.74, 6) is 2.29. The van der Waals surface area contributed by atoms with E-state index in [1.165, 1.54) is 11.1 Å². The van der Waals surface area contributed by atoms with E-state index in [-0.39, 0.29) is 6.10 Å². The van der Waals surface area contributed by atoms with Crippen LogP contribution in [-0.2, 0) is 6.54 Å². The Balaban J connectivity index is 1.66. The average Bonchev–Trinajstić information content (AvgIpc) is 3.15. The molecule has 160 valence electrons. The first-order valence-corrected chi connectivity index (χ1v) is 11.3. The summed E-state index contributed by atoms with van der Waals surface area (Å²) in [7, 11) is 0. The van der Waals surface area contributed by atoms with Crippen molar-refractivity contribution in [1.82, 2.24) is 9.55 Å². The molecular weight excluding hydrogens is 404 g/mol. The molecule has 4 heteroatoms. The van der Waals surface area contributed by atoms with Gasteiger partial charge in [-0.3, -0.25) is 0 Å². The van der Waals surface area contributed by atoms with Gasteiger partial charge in [-0.15, -0.1) is 0 Å². The summed E-state index contributed by atoms with van der Waals surface area (Å²) in [6.45, 7) is 9.29. The third-order valence-electron chi connectivity index (χ3n) is 5.99. The van der Waals surface area contributed by atoms with Crippen molar-refractivity contribution >= 4 is 22.6 Å². The van der Waals surface area contributed by atoms with Crippen molar-refractivity contribution < 1.29 is 4.74 Å². The van der Waals surface area contributed by atoms with Crippen molar-refractivity contribution in [2.45, 2.75) is 52.7 Å². The summed E-state index contributed by atoms with van der Waals surface area (Å²) in [4.78, 5) is 4.92. The highest BCUT2D eigenvalue weighted by atomic mass is 35.5. The Morgan fingerprint density at radius 2 is 1.74 bits per heavy atom. The van der Waals surface area contributed by atoms with Gasteiger partial charge in [-0.2, -0.15) is 0 Å². The van der Waals surface area contributed by atoms with Gasteiger partial charge < -0.3 is 9.30 Å². The van der Waals surface area contributed by atoms with Gasteiger partial charge in [0.2, 0.25) is 0 Å². The van der Waals surface area contributed by atoms with E-state index in [0.29, 0.717) is 5.92 Å². The van der Waals surface area contributed by atoms with Crippen LogP contribution in [0.5, 0.6) is 5.75 Å². The van der Waals surface area contributed by atoms with E-state index in [1.54, 1.807) is 0 Å². The van der Waals surface area contributed by atoms with Crippen LogP contribution in [0.4, 0.5) is 0 Å². The van der Waals surface area contributed by atoms with Gasteiger partial charge in [0.05, 0.1) is 11.0 Å². The van der Waals surface area contributed by atoms with Crippen molar-refractivity contribution in [3.05, 3.63) is 94.3 Å². The fourth-order valence-electron chi connectivity index (χ4n) is 3.89. The van der Waals surface area contributed by atoms with Crippen LogP contribution in [0.2, 0.25) is 5.02 Å². The van der Waals surface area contributed by atoms with Crippen molar-refractivity contribution in [1.29, 1.82) is 0 Å². The van der Waals surface area contributed by atoms with Crippen LogP contribution in [0.1, 0.15) is 61.7 Å². The largest absolute Gasteiger partial charge is 0.483 e. The van der Waals surface area contributed by atoms with Crippen LogP contribution in [0, 0.1) is 6.92 Å². The van der Waals surface area contributed by atoms with Crippen LogP contribution in [-0.4, -0.2) is 9.55 Å². The summed E-state index contributed by atoms with van der Waals surface area (Å²) in [5.41, 5.74) is 5.74. The molecule has 0 N–H and O–H groups in total. The third-order valence-corrected chi connectivity index (χ3v) is 6.42. The molecule has 4 rings (SSSR count). The molecule has 0 fully saturated rings. The van der Waals surface area contributed by atoms with Crippen molar-refractivity contribution in [3.8, 4) is 5.75 Å². The van der Waals surface area contributed by atoms with Gasteiger partial charge in [-0.25, -0.2) is 4.98 Å². The van der Waals surface area contributed by atoms with E-state index >= 15 is 0 Å². The van der Waals surface area contributed by atoms with Crippen molar-refractivity contribution in [2.24, 2.45) is 0 Å². The fraction of sp³-hybridized carbons (Fsp3) is 0.296. The van der Waals surface area contributed by atoms with Crippen LogP contribution >= 0.6 is 11.6 Å². The minimum atomic E-state index is -0.202. The highest BCUT2D eigenvalue weighted by Crippen LogP contribution is 2.28. The molecule has 1 heterocycles. The zero-order valence-corrected chi connectivity index (χ0v) is 19.4. The molecule has 0 aliphatic heterocycles. The molecule has 0 aliphatic carbocycles. The molecule has 0 radical (unpaired) electrons. The number of aromatic nitrogens is 2. The van der Waals surface area contributed by atoms with Crippen LogP contribution < -0.4 is 4.74 Å². The third kappa shape index (κ3) is 4.62. The normalized spacial score (nSPS) is 13.3. The summed E-state index contributed by atoms with van der Waals surface area (Å²) in [6, 6.07) is 23.0. The zero-order chi connectivity index (χ0) is 22.0. The van der Waals surface area contributed by atoms with Crippen LogP contribution in [0.15, 0.2) is 66.7 Å². The van der Waals surface area contributed by atoms with E-state index in [4.69, 9.17) is 21.3 Å². The first kappa shape index (κ1) is 21.5. The van der Waals surface area contributed by atoms with Crippen molar-refractivity contribution in [2.75, 3.05) is 0 Å². The Morgan fingerprint density at radius 3 is 2.45 bits per heavy atom. The SMILES string of the molecule is CCC(C)c1ccc(Cn2c(C(C)Oc3ccc(Cl)c(C)c3)nc3ccccc32)cc1. The van der Waals surface area contributed by atoms with Crippen LogP contribution in [0.25, 0.3) is 11.0 Å². The molecule has 2 unspecified atom stereocenters. The number of para-hydroxylation sites is 2. The Kier molecular flexibility index (Phi) is 6.33. The van der Waals surface area contributed by atoms with Crippen LogP contribution in [0.3, 0.4) is 0 Å². The first-order chi connectivity index (χ1) is 15.0. The molecule has 4 aromatic rings. The maximum absolute atomic E-state index is 6.27. The molecule has 1 aromatic heterocycles. The predicted molar refractivity (Wildman–Crippen MR) is 129 cm³/mol. The maximum atomic E-state index is 6.27. The van der Waals surface area contributed by atoms with Gasteiger partial charge in [0, 0.05) is 11.6 Å². The summed E-state index contributed by atoms with van der Waals surface area (Å²) in [6.07, 6.45) is 0.946. The van der Waals surface area contributed by atoms with E-state index in [9.17, 15) is 0 Å². The average molecular weight is 433 g/mol. The molecule has 31 heavy (non-hydrogen) atoms. The summed E-state index contributed by atoms with van der Waals surface area (Å²) in [5, 5.41) is 0.744. The number of imidazole rings is 1. The summed E-state index contributed by atoms with van der Waals surface area (Å²) < 4.78 is 8.53. The van der Waals surface area contributed by atoms with Gasteiger partial charge in [-0.05, 0) is 73.2 Å². The quantitative estimate of drug-likeness (QED) is 0.299. The second-order valence-corrected chi connectivity index (χ2v) is 8.67. The molecule has 2 atom stereocenters. The molecule has 0 amide bonds. The predicted octanol–water partition coefficient (Wildman–Crippen LogP) is 7.70. The Labute approximate surface area is 189 Å². The number of hydrogen-bond donors (Lipinski definition) is 0. The number of benzene rings is 3. The number of nitrogens with zero attached hydrogens (tertiary/aromatic N) is 2. The lowest BCUT2D eigenvalue weighted by Crippen LogP contribution is -2.13. The number of aryl methyl sites for hydroxylation is 1. The highest BCUT2D eigenvalue weighted by Gasteiger charge is 2.19. The molecule has 0 saturated carbocycles. The second kappa shape index (κ2) is 9.15. The summed E-state index contributed by atoms with van der Waals surface area (Å²) >= 11 is 6.17. The van der Waals surface area contributed by atoms with Gasteiger partial charge in [0.25, 0.3) is 0 Å². The Bertz CT molecular complexity index is 1180. The van der Waals surface area contributed by atoms with Gasteiger partial charge in [0.1, 0.15) is 5.75 Å². The lowest BCUT2D eigenvalue weighted by Gasteiger charge is -2.18. The number of ether oxygens (including phenoxy) is 1. The minimum Gasteiger partial charge on any atom is -0.483 e. The molecule has 3 aromatic carbocycles. The smallest absolute Gasteiger partial charge is 0.153 e. The fourth-order valence-corrected chi connectivity index (χ4v) is 4.01. The standard InChI is InChI=1S/C27H29ClN2O/c1-5-18(2)22-12-10-21(11-13-22)17-30-26-9-7-6-8-25(26)29-27(30)20(4)31-23-14-15-24(28)19(3)16-23/h6-16,18,20H,5,17H2,1-4H3. The minimum absolute atomic E-state index is 0.202. The molecule has 0 aliphatic rings. The second-order valence-electron chi connectivity index (χ2n) is 8.27.